The number of amides is 1. The molecule has 4 rings (SSSR count). The largest absolute Gasteiger partial charge is 0.384 e. The van der Waals surface area contributed by atoms with Crippen LogP contribution >= 0.6 is 0 Å². The summed E-state index contributed by atoms with van der Waals surface area (Å²) in [7, 11) is 0. The smallest absolute Gasteiger partial charge is 0.260 e. The van der Waals surface area contributed by atoms with Gasteiger partial charge in [-0.3, -0.25) is 14.2 Å². The number of nitrogens with two attached hydrogens (primary N) is 1. The molecule has 0 unspecified atom stereocenters. The minimum absolute atomic E-state index is 0.0728. The first kappa shape index (κ1) is 16.3. The lowest BCUT2D eigenvalue weighted by atomic mass is 9.98. The van der Waals surface area contributed by atoms with Gasteiger partial charge in [-0.15, -0.1) is 0 Å². The van der Waals surface area contributed by atoms with Crippen molar-refractivity contribution in [2.75, 3.05) is 11.1 Å². The molecule has 0 radical (unpaired) electrons. The number of hydrogen-bond donors (Lipinski definition) is 2. The van der Waals surface area contributed by atoms with Crippen LogP contribution in [0.3, 0.4) is 0 Å². The highest BCUT2D eigenvalue weighted by atomic mass is 19.1. The van der Waals surface area contributed by atoms with Crippen LogP contribution in [0.15, 0.2) is 47.3 Å². The second kappa shape index (κ2) is 5.98. The summed E-state index contributed by atoms with van der Waals surface area (Å²) in [4.78, 5) is 24.4. The lowest BCUT2D eigenvalue weighted by Crippen LogP contribution is -2.23. The van der Waals surface area contributed by atoms with Gasteiger partial charge in [0.1, 0.15) is 11.6 Å². The van der Waals surface area contributed by atoms with E-state index in [-0.39, 0.29) is 23.3 Å². The van der Waals surface area contributed by atoms with E-state index < -0.39 is 0 Å². The van der Waals surface area contributed by atoms with E-state index in [1.165, 1.54) is 19.1 Å². The van der Waals surface area contributed by atoms with Crippen molar-refractivity contribution >= 4 is 28.2 Å². The molecule has 1 aliphatic rings. The first-order valence-corrected chi connectivity index (χ1v) is 8.47. The Morgan fingerprint density at radius 1 is 1.19 bits per heavy atom. The highest BCUT2D eigenvalue weighted by molar-refractivity contribution is 6.03. The first-order chi connectivity index (χ1) is 12.5. The fourth-order valence-electron chi connectivity index (χ4n) is 3.36. The Hall–Kier alpha value is -3.15. The quantitative estimate of drug-likeness (QED) is 0.756. The number of aromatic nitrogens is 1. The third kappa shape index (κ3) is 2.73. The molecular weight excluding hydrogens is 333 g/mol. The first-order valence-electron chi connectivity index (χ1n) is 8.47. The van der Waals surface area contributed by atoms with Crippen molar-refractivity contribution < 1.29 is 9.18 Å². The van der Waals surface area contributed by atoms with Crippen LogP contribution in [0.25, 0.3) is 21.9 Å². The lowest BCUT2D eigenvalue weighted by molar-refractivity contribution is -0.114. The van der Waals surface area contributed by atoms with Gasteiger partial charge in [-0.05, 0) is 48.1 Å². The molecule has 0 atom stereocenters. The fourth-order valence-corrected chi connectivity index (χ4v) is 3.36. The van der Waals surface area contributed by atoms with E-state index >= 15 is 0 Å². The van der Waals surface area contributed by atoms with Gasteiger partial charge in [0.15, 0.2) is 0 Å². The zero-order valence-corrected chi connectivity index (χ0v) is 14.3. The van der Waals surface area contributed by atoms with Crippen molar-refractivity contribution in [3.05, 3.63) is 58.6 Å². The zero-order chi connectivity index (χ0) is 18.4. The van der Waals surface area contributed by atoms with Crippen LogP contribution in [0.1, 0.15) is 25.8 Å². The zero-order valence-electron chi connectivity index (χ0n) is 14.3. The van der Waals surface area contributed by atoms with E-state index in [4.69, 9.17) is 5.73 Å². The molecule has 2 aromatic carbocycles. The van der Waals surface area contributed by atoms with Gasteiger partial charge in [0.2, 0.25) is 5.91 Å². The molecule has 3 aromatic rings. The fraction of sp³-hybridized carbons (Fsp3) is 0.200. The minimum atomic E-state index is -0.367. The molecule has 6 heteroatoms. The number of pyridine rings is 1. The van der Waals surface area contributed by atoms with Gasteiger partial charge in [0, 0.05) is 24.2 Å². The topological polar surface area (TPSA) is 77.1 Å². The van der Waals surface area contributed by atoms with Gasteiger partial charge >= 0.3 is 0 Å². The Balaban J connectivity index is 2.06. The SMILES string of the molecule is CC(=O)Nc1ccc2c(-c3cccc(F)c3)c(N)n(C3CC3)c(=O)c2c1. The maximum absolute atomic E-state index is 13.8. The predicted molar refractivity (Wildman–Crippen MR) is 101 cm³/mol. The van der Waals surface area contributed by atoms with Crippen LogP contribution in [-0.4, -0.2) is 10.5 Å². The van der Waals surface area contributed by atoms with E-state index in [1.807, 2.05) is 0 Å². The molecule has 1 aromatic heterocycles. The molecule has 1 fully saturated rings. The Bertz CT molecular complexity index is 1100. The third-order valence-corrected chi connectivity index (χ3v) is 4.60. The summed E-state index contributed by atoms with van der Waals surface area (Å²) in [6.07, 6.45) is 1.78. The van der Waals surface area contributed by atoms with Gasteiger partial charge in [-0.1, -0.05) is 18.2 Å². The molecule has 1 saturated carbocycles. The van der Waals surface area contributed by atoms with Gasteiger partial charge in [0.05, 0.1) is 5.39 Å². The summed E-state index contributed by atoms with van der Waals surface area (Å²) in [5, 5.41) is 3.79. The van der Waals surface area contributed by atoms with Crippen LogP contribution in [0.2, 0.25) is 0 Å². The number of carbonyl (C=O) groups is 1. The van der Waals surface area contributed by atoms with E-state index in [1.54, 1.807) is 34.9 Å². The summed E-state index contributed by atoms with van der Waals surface area (Å²) >= 11 is 0. The van der Waals surface area contributed by atoms with Crippen molar-refractivity contribution in [3.8, 4) is 11.1 Å². The number of nitrogen functional groups attached to an aromatic ring is 1. The molecule has 0 aliphatic heterocycles. The van der Waals surface area contributed by atoms with Crippen LogP contribution < -0.4 is 16.6 Å². The number of fused-ring (bicyclic) bond motifs is 1. The summed E-state index contributed by atoms with van der Waals surface area (Å²) in [6, 6.07) is 11.4. The molecular formula is C20H18FN3O2. The number of nitrogens with one attached hydrogen (secondary N) is 1. The van der Waals surface area contributed by atoms with Crippen LogP contribution in [0.4, 0.5) is 15.9 Å². The molecule has 1 amide bonds. The highest BCUT2D eigenvalue weighted by Gasteiger charge is 2.29. The molecule has 26 heavy (non-hydrogen) atoms. The summed E-state index contributed by atoms with van der Waals surface area (Å²) < 4.78 is 15.4. The lowest BCUT2D eigenvalue weighted by Gasteiger charge is -2.17. The maximum Gasteiger partial charge on any atom is 0.260 e. The van der Waals surface area contributed by atoms with Crippen molar-refractivity contribution in [1.29, 1.82) is 0 Å². The number of nitrogens with zero attached hydrogens (tertiary/aromatic N) is 1. The number of hydrogen-bond acceptors (Lipinski definition) is 3. The van der Waals surface area contributed by atoms with E-state index in [9.17, 15) is 14.0 Å². The van der Waals surface area contributed by atoms with Gasteiger partial charge in [-0.25, -0.2) is 4.39 Å². The number of carbonyl (C=O) groups excluding carboxylic acids is 1. The Morgan fingerprint density at radius 3 is 2.62 bits per heavy atom. The van der Waals surface area contributed by atoms with Crippen molar-refractivity contribution in [2.45, 2.75) is 25.8 Å². The van der Waals surface area contributed by atoms with Crippen LogP contribution in [-0.2, 0) is 4.79 Å². The number of benzene rings is 2. The normalized spacial score (nSPS) is 13.8. The van der Waals surface area contributed by atoms with Gasteiger partial charge < -0.3 is 11.1 Å². The van der Waals surface area contributed by atoms with Gasteiger partial charge in [-0.2, -0.15) is 0 Å². The monoisotopic (exact) mass is 351 g/mol. The minimum Gasteiger partial charge on any atom is -0.384 e. The van der Waals surface area contributed by atoms with Gasteiger partial charge in [0.25, 0.3) is 5.56 Å². The second-order valence-corrected chi connectivity index (χ2v) is 6.62. The highest BCUT2D eigenvalue weighted by Crippen LogP contribution is 2.40. The number of rotatable bonds is 3. The van der Waals surface area contributed by atoms with Crippen molar-refractivity contribution in [2.24, 2.45) is 0 Å². The van der Waals surface area contributed by atoms with Crippen molar-refractivity contribution in [3.63, 3.8) is 0 Å². The van der Waals surface area contributed by atoms with Crippen LogP contribution in [0.5, 0.6) is 0 Å². The molecule has 3 N–H and O–H groups in total. The average Bonchev–Trinajstić information content (AvgIpc) is 3.40. The molecule has 1 heterocycles. The summed E-state index contributed by atoms with van der Waals surface area (Å²) in [6.45, 7) is 1.41. The van der Waals surface area contributed by atoms with E-state index in [2.05, 4.69) is 5.32 Å². The Kier molecular flexibility index (Phi) is 3.76. The second-order valence-electron chi connectivity index (χ2n) is 6.62. The molecule has 5 nitrogen and oxygen atoms in total. The molecule has 1 aliphatic carbocycles. The van der Waals surface area contributed by atoms with E-state index in [0.29, 0.717) is 33.4 Å². The van der Waals surface area contributed by atoms with Crippen LogP contribution in [0, 0.1) is 5.82 Å². The standard InChI is InChI=1S/C20H18FN3O2/c1-11(25)23-14-5-8-16-17(10-14)20(26)24(15-6-7-15)19(22)18(16)12-3-2-4-13(21)9-12/h2-5,8-10,15H,6-7,22H2,1H3,(H,23,25). The molecule has 0 saturated heterocycles. The predicted octanol–water partition coefficient (Wildman–Crippen LogP) is 3.68. The number of halogens is 1. The maximum atomic E-state index is 13.8. The van der Waals surface area contributed by atoms with Crippen molar-refractivity contribution in [1.82, 2.24) is 4.57 Å². The summed E-state index contributed by atoms with van der Waals surface area (Å²) in [5.74, 6) is -0.232. The third-order valence-electron chi connectivity index (χ3n) is 4.60. The Morgan fingerprint density at radius 2 is 1.96 bits per heavy atom. The summed E-state index contributed by atoms with van der Waals surface area (Å²) in [5.41, 5.74) is 7.98. The Labute approximate surface area is 149 Å². The molecule has 0 bridgehead atoms. The molecule has 0 spiro atoms. The molecule has 132 valence electrons. The van der Waals surface area contributed by atoms with E-state index in [0.717, 1.165) is 12.8 Å². The number of anilines is 2. The average molecular weight is 351 g/mol.